The number of carbonyl (C=O) groups excluding carboxylic acids is 1. The van der Waals surface area contributed by atoms with E-state index in [1.54, 1.807) is 11.6 Å². The average Bonchev–Trinajstić information content (AvgIpc) is 2.59. The van der Waals surface area contributed by atoms with Crippen LogP contribution < -0.4 is 5.32 Å². The lowest BCUT2D eigenvalue weighted by Gasteiger charge is -2.10. The fourth-order valence-electron chi connectivity index (χ4n) is 1.54. The fraction of sp³-hybridized carbons (Fsp3) is 0.583. The van der Waals surface area contributed by atoms with Crippen LogP contribution in [0, 0.1) is 12.8 Å². The lowest BCUT2D eigenvalue weighted by atomic mass is 10.2. The van der Waals surface area contributed by atoms with E-state index in [0.717, 1.165) is 12.2 Å². The summed E-state index contributed by atoms with van der Waals surface area (Å²) < 4.78 is 1.75. The average molecular weight is 253 g/mol. The van der Waals surface area contributed by atoms with E-state index in [2.05, 4.69) is 24.3 Å². The minimum Gasteiger partial charge on any atom is -0.480 e. The molecule has 1 heterocycles. The van der Waals surface area contributed by atoms with Crippen molar-refractivity contribution < 1.29 is 14.7 Å². The van der Waals surface area contributed by atoms with Crippen molar-refractivity contribution in [3.8, 4) is 0 Å². The van der Waals surface area contributed by atoms with Crippen molar-refractivity contribution in [2.24, 2.45) is 5.92 Å². The third-order valence-electron chi connectivity index (χ3n) is 2.60. The smallest absolute Gasteiger partial charge is 0.325 e. The second kappa shape index (κ2) is 5.66. The number of amides is 1. The van der Waals surface area contributed by atoms with Gasteiger partial charge in [0.05, 0.1) is 11.8 Å². The van der Waals surface area contributed by atoms with Gasteiger partial charge in [0.25, 0.3) is 5.91 Å². The van der Waals surface area contributed by atoms with Gasteiger partial charge in [0.2, 0.25) is 0 Å². The van der Waals surface area contributed by atoms with Crippen LogP contribution in [0.4, 0.5) is 0 Å². The second-order valence-electron chi connectivity index (χ2n) is 4.75. The van der Waals surface area contributed by atoms with E-state index in [1.165, 1.54) is 13.1 Å². The molecule has 2 N–H and O–H groups in total. The Morgan fingerprint density at radius 3 is 2.56 bits per heavy atom. The molecule has 0 aromatic carbocycles. The Labute approximate surface area is 106 Å². The highest BCUT2D eigenvalue weighted by Crippen LogP contribution is 2.09. The van der Waals surface area contributed by atoms with Gasteiger partial charge in [-0.15, -0.1) is 0 Å². The van der Waals surface area contributed by atoms with Crippen LogP contribution in [0.1, 0.15) is 36.8 Å². The zero-order valence-electron chi connectivity index (χ0n) is 11.1. The SMILES string of the molecule is Cc1c(C(=O)NC(C)C(=O)O)cnn1CC(C)C. The number of rotatable bonds is 5. The van der Waals surface area contributed by atoms with Crippen molar-refractivity contribution in [2.45, 2.75) is 40.3 Å². The normalized spacial score (nSPS) is 12.5. The van der Waals surface area contributed by atoms with Crippen LogP contribution in [0.15, 0.2) is 6.20 Å². The number of nitrogens with zero attached hydrogens (tertiary/aromatic N) is 2. The molecule has 0 aliphatic heterocycles. The molecule has 6 heteroatoms. The fourth-order valence-corrected chi connectivity index (χ4v) is 1.54. The van der Waals surface area contributed by atoms with Crippen molar-refractivity contribution in [3.05, 3.63) is 17.5 Å². The summed E-state index contributed by atoms with van der Waals surface area (Å²) in [5.74, 6) is -1.04. The number of hydrogen-bond donors (Lipinski definition) is 2. The van der Waals surface area contributed by atoms with Gasteiger partial charge in [-0.25, -0.2) is 0 Å². The molecule has 1 unspecified atom stereocenters. The van der Waals surface area contributed by atoms with Gasteiger partial charge in [0.1, 0.15) is 6.04 Å². The molecule has 1 rings (SSSR count). The number of carbonyl (C=O) groups is 2. The largest absolute Gasteiger partial charge is 0.480 e. The van der Waals surface area contributed by atoms with Crippen molar-refractivity contribution in [3.63, 3.8) is 0 Å². The molecule has 0 aliphatic rings. The van der Waals surface area contributed by atoms with Gasteiger partial charge < -0.3 is 10.4 Å². The van der Waals surface area contributed by atoms with Crippen LogP contribution in [0.5, 0.6) is 0 Å². The number of aromatic nitrogens is 2. The summed E-state index contributed by atoms with van der Waals surface area (Å²) in [6, 6.07) is -0.912. The van der Waals surface area contributed by atoms with E-state index < -0.39 is 17.9 Å². The topological polar surface area (TPSA) is 84.2 Å². The second-order valence-corrected chi connectivity index (χ2v) is 4.75. The summed E-state index contributed by atoms with van der Waals surface area (Å²) in [4.78, 5) is 22.5. The van der Waals surface area contributed by atoms with Gasteiger partial charge in [-0.05, 0) is 19.8 Å². The van der Waals surface area contributed by atoms with Crippen LogP contribution in [0.2, 0.25) is 0 Å². The highest BCUT2D eigenvalue weighted by molar-refractivity contribution is 5.97. The molecule has 1 amide bonds. The van der Waals surface area contributed by atoms with E-state index in [0.29, 0.717) is 11.5 Å². The monoisotopic (exact) mass is 253 g/mol. The minimum absolute atomic E-state index is 0.405. The predicted octanol–water partition coefficient (Wildman–Crippen LogP) is 1.05. The van der Waals surface area contributed by atoms with Gasteiger partial charge in [-0.1, -0.05) is 13.8 Å². The molecule has 0 bridgehead atoms. The number of carboxylic acids is 1. The van der Waals surface area contributed by atoms with Crippen molar-refractivity contribution in [1.29, 1.82) is 0 Å². The van der Waals surface area contributed by atoms with Crippen LogP contribution >= 0.6 is 0 Å². The lowest BCUT2D eigenvalue weighted by Crippen LogP contribution is -2.38. The van der Waals surface area contributed by atoms with Crippen molar-refractivity contribution >= 4 is 11.9 Å². The lowest BCUT2D eigenvalue weighted by molar-refractivity contribution is -0.138. The van der Waals surface area contributed by atoms with E-state index in [1.807, 2.05) is 0 Å². The molecule has 0 aliphatic carbocycles. The number of nitrogens with one attached hydrogen (secondary N) is 1. The Morgan fingerprint density at radius 1 is 1.44 bits per heavy atom. The van der Waals surface area contributed by atoms with Crippen LogP contribution in [-0.4, -0.2) is 32.8 Å². The molecule has 0 saturated carbocycles. The Bertz CT molecular complexity index is 451. The molecular formula is C12H19N3O3. The van der Waals surface area contributed by atoms with Gasteiger partial charge in [-0.2, -0.15) is 5.10 Å². The number of hydrogen-bond acceptors (Lipinski definition) is 3. The Hall–Kier alpha value is -1.85. The molecule has 0 fully saturated rings. The first kappa shape index (κ1) is 14.2. The molecule has 0 saturated heterocycles. The molecule has 1 atom stereocenters. The molecule has 1 aromatic rings. The maximum atomic E-state index is 11.9. The molecular weight excluding hydrogens is 234 g/mol. The Balaban J connectivity index is 2.81. The quantitative estimate of drug-likeness (QED) is 0.821. The van der Waals surface area contributed by atoms with Gasteiger partial charge in [0.15, 0.2) is 0 Å². The molecule has 100 valence electrons. The van der Waals surface area contributed by atoms with E-state index in [-0.39, 0.29) is 0 Å². The van der Waals surface area contributed by atoms with E-state index >= 15 is 0 Å². The zero-order valence-corrected chi connectivity index (χ0v) is 11.1. The van der Waals surface area contributed by atoms with Crippen LogP contribution in [0.3, 0.4) is 0 Å². The van der Waals surface area contributed by atoms with Crippen molar-refractivity contribution in [1.82, 2.24) is 15.1 Å². The third-order valence-corrected chi connectivity index (χ3v) is 2.60. The number of aliphatic carboxylic acids is 1. The van der Waals surface area contributed by atoms with E-state index in [4.69, 9.17) is 5.11 Å². The predicted molar refractivity (Wildman–Crippen MR) is 66.4 cm³/mol. The van der Waals surface area contributed by atoms with Gasteiger partial charge >= 0.3 is 5.97 Å². The molecule has 0 spiro atoms. The van der Waals surface area contributed by atoms with Crippen LogP contribution in [0.25, 0.3) is 0 Å². The highest BCUT2D eigenvalue weighted by Gasteiger charge is 2.19. The van der Waals surface area contributed by atoms with E-state index in [9.17, 15) is 9.59 Å². The highest BCUT2D eigenvalue weighted by atomic mass is 16.4. The third kappa shape index (κ3) is 3.32. The molecule has 18 heavy (non-hydrogen) atoms. The summed E-state index contributed by atoms with van der Waals surface area (Å²) in [7, 11) is 0. The first-order chi connectivity index (χ1) is 8.32. The number of carboxylic acid groups (broad SMARTS) is 1. The molecule has 0 radical (unpaired) electrons. The summed E-state index contributed by atoms with van der Waals surface area (Å²) in [5.41, 5.74) is 1.17. The first-order valence-electron chi connectivity index (χ1n) is 5.89. The minimum atomic E-state index is -1.06. The van der Waals surface area contributed by atoms with Crippen molar-refractivity contribution in [2.75, 3.05) is 0 Å². The summed E-state index contributed by atoms with van der Waals surface area (Å²) in [6.45, 7) is 8.08. The van der Waals surface area contributed by atoms with Crippen LogP contribution in [-0.2, 0) is 11.3 Å². The Morgan fingerprint density at radius 2 is 2.06 bits per heavy atom. The molecule has 6 nitrogen and oxygen atoms in total. The maximum absolute atomic E-state index is 11.9. The summed E-state index contributed by atoms with van der Waals surface area (Å²) in [6.07, 6.45) is 1.47. The first-order valence-corrected chi connectivity index (χ1v) is 5.89. The summed E-state index contributed by atoms with van der Waals surface area (Å²) >= 11 is 0. The zero-order chi connectivity index (χ0) is 13.9. The molecule has 1 aromatic heterocycles. The summed E-state index contributed by atoms with van der Waals surface area (Å²) in [5, 5.41) is 15.3. The van der Waals surface area contributed by atoms with Gasteiger partial charge in [0, 0.05) is 12.2 Å². The van der Waals surface area contributed by atoms with Gasteiger partial charge in [-0.3, -0.25) is 14.3 Å². The Kier molecular flexibility index (Phi) is 4.47. The standard InChI is InChI=1S/C12H19N3O3/c1-7(2)6-15-9(4)10(5-13-15)11(16)14-8(3)12(17)18/h5,7-8H,6H2,1-4H3,(H,14,16)(H,17,18). The maximum Gasteiger partial charge on any atom is 0.325 e.